The van der Waals surface area contributed by atoms with Crippen LogP contribution in [0.3, 0.4) is 0 Å². The number of benzene rings is 1. The fraction of sp³-hybridized carbons (Fsp3) is 0.421. The lowest BCUT2D eigenvalue weighted by Gasteiger charge is -2.11. The van der Waals surface area contributed by atoms with Crippen LogP contribution in [0, 0.1) is 13.8 Å². The summed E-state index contributed by atoms with van der Waals surface area (Å²) in [7, 11) is 0. The van der Waals surface area contributed by atoms with Crippen molar-refractivity contribution in [3.8, 4) is 5.69 Å². The summed E-state index contributed by atoms with van der Waals surface area (Å²) in [6.07, 6.45) is -2.87. The van der Waals surface area contributed by atoms with E-state index in [9.17, 15) is 22.8 Å². The first-order valence-electron chi connectivity index (χ1n) is 8.86. The van der Waals surface area contributed by atoms with Crippen molar-refractivity contribution in [1.29, 1.82) is 0 Å². The molecule has 2 aromatic rings. The molecule has 150 valence electrons. The second-order valence-corrected chi connectivity index (χ2v) is 6.68. The van der Waals surface area contributed by atoms with E-state index in [4.69, 9.17) is 4.74 Å². The van der Waals surface area contributed by atoms with Gasteiger partial charge in [0.15, 0.2) is 0 Å². The Hall–Kier alpha value is -2.68. The number of halogens is 3. The molecule has 1 aromatic heterocycles. The average molecular weight is 395 g/mol. The van der Waals surface area contributed by atoms with Gasteiger partial charge in [0.1, 0.15) is 0 Å². The van der Waals surface area contributed by atoms with Crippen LogP contribution in [-0.4, -0.2) is 40.7 Å². The summed E-state index contributed by atoms with van der Waals surface area (Å²) in [4.78, 5) is 24.8. The number of rotatable bonds is 5. The van der Waals surface area contributed by atoms with Crippen molar-refractivity contribution in [3.05, 3.63) is 46.8 Å². The van der Waals surface area contributed by atoms with Gasteiger partial charge in [-0.1, -0.05) is 6.07 Å². The number of nitrogens with zero attached hydrogens (tertiary/aromatic N) is 2. The molecule has 0 saturated carbocycles. The zero-order valence-corrected chi connectivity index (χ0v) is 15.5. The van der Waals surface area contributed by atoms with E-state index >= 15 is 0 Å². The van der Waals surface area contributed by atoms with Crippen molar-refractivity contribution in [1.82, 2.24) is 15.1 Å². The van der Waals surface area contributed by atoms with E-state index in [-0.39, 0.29) is 29.6 Å². The fourth-order valence-corrected chi connectivity index (χ4v) is 3.24. The van der Waals surface area contributed by atoms with Gasteiger partial charge in [-0.05, 0) is 44.9 Å². The maximum absolute atomic E-state index is 13.0. The molecule has 1 saturated heterocycles. The van der Waals surface area contributed by atoms with Crippen molar-refractivity contribution in [2.75, 3.05) is 13.2 Å². The molecule has 0 radical (unpaired) electrons. The standard InChI is InChI=1S/C19H20F3N3O3/c1-11-16(17(26)18(27)23-10-15-7-4-8-28-15)12(2)25(24-11)14-6-3-5-13(9-14)19(20,21)22/h3,5-6,9,15H,4,7-8,10H2,1-2H3,(H,23,27)/t15-/m0/s1. The third-order valence-corrected chi connectivity index (χ3v) is 4.66. The minimum atomic E-state index is -4.49. The lowest BCUT2D eigenvalue weighted by Crippen LogP contribution is -2.36. The highest BCUT2D eigenvalue weighted by atomic mass is 19.4. The minimum absolute atomic E-state index is 0.0854. The van der Waals surface area contributed by atoms with Gasteiger partial charge >= 0.3 is 6.18 Å². The summed E-state index contributed by atoms with van der Waals surface area (Å²) in [5, 5.41) is 6.72. The molecule has 1 aliphatic heterocycles. The van der Waals surface area contributed by atoms with Crippen LogP contribution in [0.4, 0.5) is 13.2 Å². The number of hydrogen-bond acceptors (Lipinski definition) is 4. The predicted molar refractivity (Wildman–Crippen MR) is 94.4 cm³/mol. The van der Waals surface area contributed by atoms with Gasteiger partial charge in [0, 0.05) is 13.2 Å². The van der Waals surface area contributed by atoms with Crippen molar-refractivity contribution in [2.24, 2.45) is 0 Å². The second kappa shape index (κ2) is 7.75. The Morgan fingerprint density at radius 1 is 1.32 bits per heavy atom. The van der Waals surface area contributed by atoms with Crippen LogP contribution in [0.25, 0.3) is 5.69 Å². The van der Waals surface area contributed by atoms with Crippen molar-refractivity contribution < 1.29 is 27.5 Å². The topological polar surface area (TPSA) is 73.2 Å². The van der Waals surface area contributed by atoms with Crippen molar-refractivity contribution in [3.63, 3.8) is 0 Å². The van der Waals surface area contributed by atoms with E-state index in [1.165, 1.54) is 23.7 Å². The van der Waals surface area contributed by atoms with Gasteiger partial charge in [-0.15, -0.1) is 0 Å². The molecule has 3 rings (SSSR count). The highest BCUT2D eigenvalue weighted by Crippen LogP contribution is 2.31. The number of hydrogen-bond donors (Lipinski definition) is 1. The van der Waals surface area contributed by atoms with Crippen LogP contribution in [0.5, 0.6) is 0 Å². The molecule has 0 bridgehead atoms. The number of aromatic nitrogens is 2. The Morgan fingerprint density at radius 3 is 2.71 bits per heavy atom. The molecule has 1 amide bonds. The molecule has 0 aliphatic carbocycles. The number of nitrogens with one attached hydrogen (secondary N) is 1. The largest absolute Gasteiger partial charge is 0.416 e. The molecule has 9 heteroatoms. The van der Waals surface area contributed by atoms with E-state index in [0.717, 1.165) is 25.0 Å². The summed E-state index contributed by atoms with van der Waals surface area (Å²) in [5.41, 5.74) is -0.00232. The summed E-state index contributed by atoms with van der Waals surface area (Å²) in [6.45, 7) is 3.96. The van der Waals surface area contributed by atoms with Crippen LogP contribution in [0.2, 0.25) is 0 Å². The highest BCUT2D eigenvalue weighted by molar-refractivity contribution is 6.43. The predicted octanol–water partition coefficient (Wildman–Crippen LogP) is 2.99. The number of alkyl halides is 3. The first-order chi connectivity index (χ1) is 13.2. The van der Waals surface area contributed by atoms with Gasteiger partial charge < -0.3 is 10.1 Å². The molecule has 2 heterocycles. The smallest absolute Gasteiger partial charge is 0.376 e. The second-order valence-electron chi connectivity index (χ2n) is 6.68. The molecular weight excluding hydrogens is 375 g/mol. The highest BCUT2D eigenvalue weighted by Gasteiger charge is 2.31. The number of aryl methyl sites for hydroxylation is 1. The fourth-order valence-electron chi connectivity index (χ4n) is 3.24. The van der Waals surface area contributed by atoms with Crippen LogP contribution >= 0.6 is 0 Å². The molecule has 0 unspecified atom stereocenters. The average Bonchev–Trinajstić information content (AvgIpc) is 3.26. The molecular formula is C19H20F3N3O3. The van der Waals surface area contributed by atoms with Gasteiger partial charge in [0.25, 0.3) is 11.7 Å². The first kappa shape index (κ1) is 20.1. The number of carbonyl (C=O) groups is 2. The van der Waals surface area contributed by atoms with E-state index in [2.05, 4.69) is 10.4 Å². The van der Waals surface area contributed by atoms with Gasteiger partial charge in [-0.2, -0.15) is 18.3 Å². The molecule has 28 heavy (non-hydrogen) atoms. The maximum atomic E-state index is 13.0. The summed E-state index contributed by atoms with van der Waals surface area (Å²) >= 11 is 0. The normalized spacial score (nSPS) is 17.0. The molecule has 6 nitrogen and oxygen atoms in total. The Kier molecular flexibility index (Phi) is 5.55. The number of ketones is 1. The molecule has 1 N–H and O–H groups in total. The van der Waals surface area contributed by atoms with E-state index in [1.807, 2.05) is 0 Å². The lowest BCUT2D eigenvalue weighted by atomic mass is 10.1. The zero-order valence-electron chi connectivity index (χ0n) is 15.5. The Morgan fingerprint density at radius 2 is 2.07 bits per heavy atom. The molecule has 1 aliphatic rings. The van der Waals surface area contributed by atoms with Crippen LogP contribution < -0.4 is 5.32 Å². The number of carbonyl (C=O) groups excluding carboxylic acids is 2. The van der Waals surface area contributed by atoms with Crippen molar-refractivity contribution >= 4 is 11.7 Å². The number of Topliss-reactive ketones (excluding diaryl/α,β-unsaturated/α-hetero) is 1. The zero-order chi connectivity index (χ0) is 20.5. The monoisotopic (exact) mass is 395 g/mol. The van der Waals surface area contributed by atoms with Gasteiger partial charge in [-0.3, -0.25) is 9.59 Å². The number of ether oxygens (including phenoxy) is 1. The maximum Gasteiger partial charge on any atom is 0.416 e. The summed E-state index contributed by atoms with van der Waals surface area (Å²) < 4.78 is 45.5. The lowest BCUT2D eigenvalue weighted by molar-refractivity contribution is -0.137. The van der Waals surface area contributed by atoms with Gasteiger partial charge in [0.2, 0.25) is 0 Å². The molecule has 1 aromatic carbocycles. The first-order valence-corrected chi connectivity index (χ1v) is 8.86. The van der Waals surface area contributed by atoms with Gasteiger partial charge in [-0.25, -0.2) is 4.68 Å². The van der Waals surface area contributed by atoms with Crippen LogP contribution in [0.15, 0.2) is 24.3 Å². The minimum Gasteiger partial charge on any atom is -0.376 e. The SMILES string of the molecule is Cc1nn(-c2cccc(C(F)(F)F)c2)c(C)c1C(=O)C(=O)NC[C@@H]1CCCO1. The van der Waals surface area contributed by atoms with Gasteiger partial charge in [0.05, 0.1) is 34.3 Å². The quantitative estimate of drug-likeness (QED) is 0.624. The third kappa shape index (κ3) is 4.09. The molecule has 0 spiro atoms. The van der Waals surface area contributed by atoms with Crippen molar-refractivity contribution in [2.45, 2.75) is 39.0 Å². The van der Waals surface area contributed by atoms with E-state index in [0.29, 0.717) is 12.3 Å². The van der Waals surface area contributed by atoms with Crippen LogP contribution in [-0.2, 0) is 15.7 Å². The molecule has 1 atom stereocenters. The van der Waals surface area contributed by atoms with E-state index in [1.54, 1.807) is 6.92 Å². The number of amides is 1. The summed E-state index contributed by atoms with van der Waals surface area (Å²) in [6, 6.07) is 4.63. The Labute approximate surface area is 159 Å². The Balaban J connectivity index is 1.83. The Bertz CT molecular complexity index is 900. The third-order valence-electron chi connectivity index (χ3n) is 4.66. The molecule has 1 fully saturated rings. The van der Waals surface area contributed by atoms with E-state index < -0.39 is 23.4 Å². The summed E-state index contributed by atoms with van der Waals surface area (Å²) in [5.74, 6) is -1.56. The van der Waals surface area contributed by atoms with Crippen LogP contribution in [0.1, 0.15) is 40.2 Å².